The number of amides is 1. The third kappa shape index (κ3) is 3.25. The number of esters is 1. The van der Waals surface area contributed by atoms with E-state index in [1.54, 1.807) is 19.1 Å². The zero-order valence-electron chi connectivity index (χ0n) is 18.5. The fourth-order valence-corrected chi connectivity index (χ4v) is 5.13. The number of aryl methyl sites for hydroxylation is 3. The Labute approximate surface area is 193 Å². The molecule has 0 fully saturated rings. The summed E-state index contributed by atoms with van der Waals surface area (Å²) in [5.41, 5.74) is 3.54. The van der Waals surface area contributed by atoms with Crippen LogP contribution in [0.3, 0.4) is 0 Å². The van der Waals surface area contributed by atoms with Crippen molar-refractivity contribution in [3.8, 4) is 0 Å². The van der Waals surface area contributed by atoms with Gasteiger partial charge in [0.1, 0.15) is 10.5 Å². The number of ether oxygens (including phenoxy) is 1. The van der Waals surface area contributed by atoms with Gasteiger partial charge in [0.25, 0.3) is 5.91 Å². The van der Waals surface area contributed by atoms with Gasteiger partial charge in [-0.2, -0.15) is 0 Å². The van der Waals surface area contributed by atoms with Crippen LogP contribution >= 0.6 is 11.3 Å². The van der Waals surface area contributed by atoms with E-state index in [-0.39, 0.29) is 16.8 Å². The molecule has 1 amide bonds. The highest BCUT2D eigenvalue weighted by atomic mass is 32.1. The number of methoxy groups -OCH3 is 1. The van der Waals surface area contributed by atoms with Crippen molar-refractivity contribution in [3.05, 3.63) is 91.3 Å². The lowest BCUT2D eigenvalue weighted by Crippen LogP contribution is -2.29. The molecule has 0 saturated carbocycles. The molecule has 1 aliphatic rings. The number of carbonyl (C=O) groups excluding carboxylic acids is 2. The molecule has 2 aromatic heterocycles. The summed E-state index contributed by atoms with van der Waals surface area (Å²) in [6.45, 7) is 5.54. The zero-order chi connectivity index (χ0) is 23.4. The van der Waals surface area contributed by atoms with Gasteiger partial charge in [0.15, 0.2) is 10.6 Å². The quantitative estimate of drug-likeness (QED) is 0.411. The molecule has 3 heterocycles. The summed E-state index contributed by atoms with van der Waals surface area (Å²) in [5, 5.41) is 0.723. The van der Waals surface area contributed by atoms with Crippen molar-refractivity contribution in [1.82, 2.24) is 4.98 Å². The Kier molecular flexibility index (Phi) is 4.90. The number of carbonyl (C=O) groups is 2. The number of thiazole rings is 1. The van der Waals surface area contributed by atoms with E-state index in [1.807, 2.05) is 44.2 Å². The average Bonchev–Trinajstić information content (AvgIpc) is 3.32. The first-order chi connectivity index (χ1) is 15.8. The van der Waals surface area contributed by atoms with Gasteiger partial charge >= 0.3 is 5.97 Å². The minimum Gasteiger partial charge on any atom is -0.465 e. The van der Waals surface area contributed by atoms with E-state index in [4.69, 9.17) is 9.15 Å². The molecule has 0 aliphatic carbocycles. The maximum Gasteiger partial charge on any atom is 0.350 e. The predicted octanol–water partition coefficient (Wildman–Crippen LogP) is 4.71. The van der Waals surface area contributed by atoms with Gasteiger partial charge in [-0.3, -0.25) is 14.5 Å². The van der Waals surface area contributed by atoms with Crippen molar-refractivity contribution in [2.24, 2.45) is 0 Å². The Morgan fingerprint density at radius 3 is 2.45 bits per heavy atom. The Hall–Kier alpha value is -3.78. The summed E-state index contributed by atoms with van der Waals surface area (Å²) in [6, 6.07) is 12.2. The second kappa shape index (κ2) is 7.67. The highest BCUT2D eigenvalue weighted by Gasteiger charge is 2.45. The van der Waals surface area contributed by atoms with Crippen LogP contribution in [0.4, 0.5) is 5.13 Å². The van der Waals surface area contributed by atoms with Crippen molar-refractivity contribution in [2.75, 3.05) is 12.0 Å². The number of rotatable bonds is 3. The SMILES string of the molecule is COC(=O)c1sc(N2C(=O)c3oc4ccc(C)cc4c(=O)c3[C@H]2c2ccc(C)cc2)nc1C. The third-order valence-electron chi connectivity index (χ3n) is 5.78. The van der Waals surface area contributed by atoms with Gasteiger partial charge < -0.3 is 9.15 Å². The topological polar surface area (TPSA) is 89.7 Å². The molecule has 7 nitrogen and oxygen atoms in total. The molecule has 8 heteroatoms. The second-order valence-electron chi connectivity index (χ2n) is 8.06. The van der Waals surface area contributed by atoms with E-state index in [2.05, 4.69) is 4.98 Å². The van der Waals surface area contributed by atoms with Crippen molar-refractivity contribution >= 4 is 39.3 Å². The summed E-state index contributed by atoms with van der Waals surface area (Å²) in [6.07, 6.45) is 0. The van der Waals surface area contributed by atoms with Gasteiger partial charge in [0.05, 0.1) is 29.8 Å². The summed E-state index contributed by atoms with van der Waals surface area (Å²) in [5.74, 6) is -1.00. The zero-order valence-corrected chi connectivity index (χ0v) is 19.3. The monoisotopic (exact) mass is 460 g/mol. The molecule has 1 atom stereocenters. The summed E-state index contributed by atoms with van der Waals surface area (Å²) >= 11 is 1.05. The number of aromatic nitrogens is 1. The number of anilines is 1. The van der Waals surface area contributed by atoms with Crippen LogP contribution in [0.25, 0.3) is 11.0 Å². The fourth-order valence-electron chi connectivity index (χ4n) is 4.12. The van der Waals surface area contributed by atoms with Gasteiger partial charge in [-0.25, -0.2) is 9.78 Å². The first kappa shape index (κ1) is 21.1. The molecular formula is C25H20N2O5S. The molecule has 0 spiro atoms. The molecular weight excluding hydrogens is 440 g/mol. The predicted molar refractivity (Wildman–Crippen MR) is 125 cm³/mol. The second-order valence-corrected chi connectivity index (χ2v) is 9.04. The first-order valence-electron chi connectivity index (χ1n) is 10.3. The molecule has 2 aromatic carbocycles. The van der Waals surface area contributed by atoms with Crippen molar-refractivity contribution in [3.63, 3.8) is 0 Å². The molecule has 1 aliphatic heterocycles. The van der Waals surface area contributed by atoms with Gasteiger partial charge in [-0.05, 0) is 38.5 Å². The van der Waals surface area contributed by atoms with Gasteiger partial charge in [-0.1, -0.05) is 52.8 Å². The highest BCUT2D eigenvalue weighted by molar-refractivity contribution is 7.17. The standard InChI is InChI=1S/C25H20N2O5S/c1-12-5-8-15(9-6-12)19-18-20(28)16-11-13(2)7-10-17(16)32-21(18)23(29)27(19)25-26-14(3)22(33-25)24(30)31-4/h5-11,19H,1-4H3/t19-/m1/s1. The van der Waals surface area contributed by atoms with Crippen LogP contribution in [0.2, 0.25) is 0 Å². The Bertz CT molecular complexity index is 1500. The summed E-state index contributed by atoms with van der Waals surface area (Å²) < 4.78 is 10.8. The molecule has 5 rings (SSSR count). The number of fused-ring (bicyclic) bond motifs is 2. The lowest BCUT2D eigenvalue weighted by molar-refractivity contribution is 0.0605. The van der Waals surface area contributed by atoms with Crippen LogP contribution < -0.4 is 10.3 Å². The average molecular weight is 461 g/mol. The highest BCUT2D eigenvalue weighted by Crippen LogP contribution is 2.43. The van der Waals surface area contributed by atoms with Crippen molar-refractivity contribution in [2.45, 2.75) is 26.8 Å². The van der Waals surface area contributed by atoms with Gasteiger partial charge in [-0.15, -0.1) is 0 Å². The van der Waals surface area contributed by atoms with Crippen LogP contribution in [0.15, 0.2) is 51.7 Å². The van der Waals surface area contributed by atoms with Crippen LogP contribution in [0.5, 0.6) is 0 Å². The minimum absolute atomic E-state index is 0.00519. The van der Waals surface area contributed by atoms with E-state index >= 15 is 0 Å². The number of nitrogens with zero attached hydrogens (tertiary/aromatic N) is 2. The Morgan fingerprint density at radius 1 is 1.06 bits per heavy atom. The molecule has 0 radical (unpaired) electrons. The van der Waals surface area contributed by atoms with Crippen LogP contribution in [-0.4, -0.2) is 24.0 Å². The van der Waals surface area contributed by atoms with E-state index in [1.165, 1.54) is 12.0 Å². The van der Waals surface area contributed by atoms with E-state index in [0.29, 0.717) is 26.7 Å². The smallest absolute Gasteiger partial charge is 0.350 e. The maximum absolute atomic E-state index is 13.6. The normalized spacial score (nSPS) is 15.2. The molecule has 0 saturated heterocycles. The molecule has 4 aromatic rings. The lowest BCUT2D eigenvalue weighted by atomic mass is 9.97. The van der Waals surface area contributed by atoms with E-state index in [0.717, 1.165) is 28.0 Å². The first-order valence-corrected chi connectivity index (χ1v) is 11.1. The van der Waals surface area contributed by atoms with E-state index < -0.39 is 17.9 Å². The van der Waals surface area contributed by atoms with Crippen molar-refractivity contribution < 1.29 is 18.7 Å². The molecule has 0 bridgehead atoms. The number of hydrogen-bond donors (Lipinski definition) is 0. The maximum atomic E-state index is 13.6. The number of hydrogen-bond acceptors (Lipinski definition) is 7. The molecule has 0 N–H and O–H groups in total. The fraction of sp³-hybridized carbons (Fsp3) is 0.200. The largest absolute Gasteiger partial charge is 0.465 e. The Morgan fingerprint density at radius 2 is 1.76 bits per heavy atom. The van der Waals surface area contributed by atoms with Gasteiger partial charge in [0, 0.05) is 0 Å². The molecule has 0 unspecified atom stereocenters. The molecule has 33 heavy (non-hydrogen) atoms. The van der Waals surface area contributed by atoms with Crippen LogP contribution in [0, 0.1) is 20.8 Å². The minimum atomic E-state index is -0.731. The lowest BCUT2D eigenvalue weighted by Gasteiger charge is -2.22. The third-order valence-corrected chi connectivity index (χ3v) is 6.92. The summed E-state index contributed by atoms with van der Waals surface area (Å²) in [4.78, 5) is 45.7. The molecule has 166 valence electrons. The van der Waals surface area contributed by atoms with E-state index in [9.17, 15) is 14.4 Å². The van der Waals surface area contributed by atoms with Crippen molar-refractivity contribution in [1.29, 1.82) is 0 Å². The van der Waals surface area contributed by atoms with Crippen LogP contribution in [-0.2, 0) is 4.74 Å². The summed E-state index contributed by atoms with van der Waals surface area (Å²) in [7, 11) is 1.29. The van der Waals surface area contributed by atoms with Crippen LogP contribution in [0.1, 0.15) is 54.2 Å². The number of benzene rings is 2. The van der Waals surface area contributed by atoms with Gasteiger partial charge in [0.2, 0.25) is 5.76 Å². The Balaban J connectivity index is 1.78.